The molecule has 1 aromatic carbocycles. The Labute approximate surface area is 110 Å². The van der Waals surface area contributed by atoms with Crippen LogP contribution in [0.3, 0.4) is 0 Å². The molecule has 0 aromatic heterocycles. The van der Waals surface area contributed by atoms with Gasteiger partial charge in [-0.25, -0.2) is 0 Å². The summed E-state index contributed by atoms with van der Waals surface area (Å²) in [5.41, 5.74) is 2.44. The van der Waals surface area contributed by atoms with E-state index in [1.54, 1.807) is 0 Å². The van der Waals surface area contributed by atoms with Gasteiger partial charge >= 0.3 is 0 Å². The van der Waals surface area contributed by atoms with Gasteiger partial charge in [-0.3, -0.25) is 10.1 Å². The maximum absolute atomic E-state index is 11.8. The fraction of sp³-hybridized carbons (Fsp3) is 0.533. The third-order valence-electron chi connectivity index (χ3n) is 2.87. The predicted molar refractivity (Wildman–Crippen MR) is 75.5 cm³/mol. The van der Waals surface area contributed by atoms with Gasteiger partial charge in [-0.05, 0) is 40.2 Å². The summed E-state index contributed by atoms with van der Waals surface area (Å²) in [7, 11) is 0. The number of hydrogen-bond acceptors (Lipinski definition) is 2. The van der Waals surface area contributed by atoms with Crippen LogP contribution in [0.5, 0.6) is 0 Å². The lowest BCUT2D eigenvalue weighted by Gasteiger charge is -2.21. The third kappa shape index (κ3) is 4.49. The van der Waals surface area contributed by atoms with Gasteiger partial charge in [0.2, 0.25) is 5.91 Å². The molecule has 0 aliphatic rings. The highest BCUT2D eigenvalue weighted by atomic mass is 16.2. The molecular weight excluding hydrogens is 224 g/mol. The maximum Gasteiger partial charge on any atom is 0.237 e. The van der Waals surface area contributed by atoms with E-state index in [0.29, 0.717) is 0 Å². The van der Waals surface area contributed by atoms with Crippen LogP contribution < -0.4 is 10.6 Å². The molecule has 0 spiro atoms. The molecule has 2 N–H and O–H groups in total. The highest BCUT2D eigenvalue weighted by Gasteiger charge is 2.16. The van der Waals surface area contributed by atoms with Crippen molar-refractivity contribution in [2.24, 2.45) is 0 Å². The van der Waals surface area contributed by atoms with Crippen LogP contribution in [0.1, 0.15) is 44.9 Å². The van der Waals surface area contributed by atoms with Crippen molar-refractivity contribution in [3.63, 3.8) is 0 Å². The summed E-state index contributed by atoms with van der Waals surface area (Å²) in [4.78, 5) is 11.8. The first-order valence-electron chi connectivity index (χ1n) is 6.53. The van der Waals surface area contributed by atoms with Crippen molar-refractivity contribution in [3.8, 4) is 0 Å². The third-order valence-corrected chi connectivity index (χ3v) is 2.87. The van der Waals surface area contributed by atoms with Crippen LogP contribution in [0.2, 0.25) is 0 Å². The summed E-state index contributed by atoms with van der Waals surface area (Å²) < 4.78 is 0. The van der Waals surface area contributed by atoms with E-state index in [-0.39, 0.29) is 24.0 Å². The molecular formula is C15H24N2O. The highest BCUT2D eigenvalue weighted by molar-refractivity contribution is 5.81. The Morgan fingerprint density at radius 3 is 2.39 bits per heavy atom. The summed E-state index contributed by atoms with van der Waals surface area (Å²) in [6, 6.07) is 8.49. The molecule has 1 amide bonds. The second kappa shape index (κ2) is 6.55. The fourth-order valence-corrected chi connectivity index (χ4v) is 1.90. The molecule has 0 radical (unpaired) electrons. The molecule has 3 nitrogen and oxygen atoms in total. The van der Waals surface area contributed by atoms with Crippen LogP contribution in [0.4, 0.5) is 0 Å². The van der Waals surface area contributed by atoms with E-state index >= 15 is 0 Å². The Morgan fingerprint density at radius 1 is 1.17 bits per heavy atom. The second-order valence-corrected chi connectivity index (χ2v) is 5.19. The fourth-order valence-electron chi connectivity index (χ4n) is 1.90. The Morgan fingerprint density at radius 2 is 1.83 bits per heavy atom. The zero-order chi connectivity index (χ0) is 13.7. The van der Waals surface area contributed by atoms with Gasteiger partial charge in [0.15, 0.2) is 0 Å². The molecule has 0 aliphatic carbocycles. The van der Waals surface area contributed by atoms with Gasteiger partial charge in [0.25, 0.3) is 0 Å². The number of carbonyl (C=O) groups excluding carboxylic acids is 1. The SMILES string of the molecule is Cc1cccc([C@@H](C)NC(C)C(=O)NC(C)C)c1. The van der Waals surface area contributed by atoms with Gasteiger partial charge in [0, 0.05) is 12.1 Å². The molecule has 0 saturated carbocycles. The van der Waals surface area contributed by atoms with Gasteiger partial charge in [0.1, 0.15) is 0 Å². The number of rotatable bonds is 5. The first-order chi connectivity index (χ1) is 8.40. The zero-order valence-electron chi connectivity index (χ0n) is 11.9. The number of aryl methyl sites for hydroxylation is 1. The average Bonchev–Trinajstić information content (AvgIpc) is 2.27. The van der Waals surface area contributed by atoms with Crippen molar-refractivity contribution in [2.45, 2.75) is 52.7 Å². The minimum atomic E-state index is -0.192. The molecule has 0 fully saturated rings. The van der Waals surface area contributed by atoms with E-state index in [2.05, 4.69) is 42.7 Å². The van der Waals surface area contributed by atoms with Crippen LogP contribution >= 0.6 is 0 Å². The van der Waals surface area contributed by atoms with Crippen molar-refractivity contribution < 1.29 is 4.79 Å². The molecule has 18 heavy (non-hydrogen) atoms. The van der Waals surface area contributed by atoms with Crippen molar-refractivity contribution in [2.75, 3.05) is 0 Å². The van der Waals surface area contributed by atoms with Crippen LogP contribution in [0.25, 0.3) is 0 Å². The standard InChI is InChI=1S/C15H24N2O/c1-10(2)16-15(18)13(5)17-12(4)14-8-6-7-11(3)9-14/h6-10,12-13,17H,1-5H3,(H,16,18)/t12-,13?/m1/s1. The molecule has 0 heterocycles. The second-order valence-electron chi connectivity index (χ2n) is 5.19. The minimum Gasteiger partial charge on any atom is -0.353 e. The lowest BCUT2D eigenvalue weighted by Crippen LogP contribution is -2.45. The minimum absolute atomic E-state index is 0.0458. The number of nitrogens with one attached hydrogen (secondary N) is 2. The van der Waals surface area contributed by atoms with Crippen LogP contribution in [0, 0.1) is 6.92 Å². The van der Waals surface area contributed by atoms with Crippen LogP contribution in [0.15, 0.2) is 24.3 Å². The van der Waals surface area contributed by atoms with E-state index in [1.165, 1.54) is 11.1 Å². The largest absolute Gasteiger partial charge is 0.353 e. The Balaban J connectivity index is 2.59. The molecule has 0 aliphatic heterocycles. The first-order valence-corrected chi connectivity index (χ1v) is 6.53. The van der Waals surface area contributed by atoms with Crippen molar-refractivity contribution >= 4 is 5.91 Å². The van der Waals surface area contributed by atoms with Crippen LogP contribution in [-0.4, -0.2) is 18.0 Å². The summed E-state index contributed by atoms with van der Waals surface area (Å²) in [5, 5.41) is 6.23. The Bertz CT molecular complexity index is 401. The molecule has 3 heteroatoms. The van der Waals surface area contributed by atoms with E-state index in [0.717, 1.165) is 0 Å². The molecule has 0 bridgehead atoms. The van der Waals surface area contributed by atoms with Crippen LogP contribution in [-0.2, 0) is 4.79 Å². The molecule has 0 saturated heterocycles. The monoisotopic (exact) mass is 248 g/mol. The van der Waals surface area contributed by atoms with Gasteiger partial charge < -0.3 is 5.32 Å². The average molecular weight is 248 g/mol. The lowest BCUT2D eigenvalue weighted by atomic mass is 10.0. The van der Waals surface area contributed by atoms with Gasteiger partial charge in [-0.1, -0.05) is 29.8 Å². The predicted octanol–water partition coefficient (Wildman–Crippen LogP) is 2.56. The topological polar surface area (TPSA) is 41.1 Å². The van der Waals surface area contributed by atoms with Gasteiger partial charge in [0.05, 0.1) is 6.04 Å². The molecule has 2 atom stereocenters. The summed E-state index contributed by atoms with van der Waals surface area (Å²) in [6.07, 6.45) is 0. The van der Waals surface area contributed by atoms with E-state index in [1.807, 2.05) is 26.8 Å². The summed E-state index contributed by atoms with van der Waals surface area (Å²) >= 11 is 0. The van der Waals surface area contributed by atoms with E-state index in [4.69, 9.17) is 0 Å². The Kier molecular flexibility index (Phi) is 5.35. The van der Waals surface area contributed by atoms with Crippen molar-refractivity contribution in [1.29, 1.82) is 0 Å². The van der Waals surface area contributed by atoms with E-state index in [9.17, 15) is 4.79 Å². The molecule has 1 aromatic rings. The molecule has 100 valence electrons. The van der Waals surface area contributed by atoms with E-state index < -0.39 is 0 Å². The van der Waals surface area contributed by atoms with Gasteiger partial charge in [-0.2, -0.15) is 0 Å². The number of amides is 1. The van der Waals surface area contributed by atoms with Crippen molar-refractivity contribution in [1.82, 2.24) is 10.6 Å². The quantitative estimate of drug-likeness (QED) is 0.841. The highest BCUT2D eigenvalue weighted by Crippen LogP contribution is 2.14. The first kappa shape index (κ1) is 14.7. The summed E-state index contributed by atoms with van der Waals surface area (Å²) in [6.45, 7) is 9.98. The lowest BCUT2D eigenvalue weighted by molar-refractivity contribution is -0.123. The maximum atomic E-state index is 11.8. The zero-order valence-corrected chi connectivity index (χ0v) is 11.9. The summed E-state index contributed by atoms with van der Waals surface area (Å²) in [5.74, 6) is 0.0458. The molecule has 1 rings (SSSR count). The molecule has 1 unspecified atom stereocenters. The number of carbonyl (C=O) groups is 1. The number of benzene rings is 1. The van der Waals surface area contributed by atoms with Crippen molar-refractivity contribution in [3.05, 3.63) is 35.4 Å². The Hall–Kier alpha value is -1.35. The van der Waals surface area contributed by atoms with Gasteiger partial charge in [-0.15, -0.1) is 0 Å². The normalized spacial score (nSPS) is 14.3. The number of hydrogen-bond donors (Lipinski definition) is 2. The smallest absolute Gasteiger partial charge is 0.237 e.